The van der Waals surface area contributed by atoms with E-state index in [0.717, 1.165) is 0 Å². The average Bonchev–Trinajstić information content (AvgIpc) is 2.38. The van der Waals surface area contributed by atoms with Gasteiger partial charge in [-0.1, -0.05) is 30.3 Å². The van der Waals surface area contributed by atoms with E-state index in [2.05, 4.69) is 10.2 Å². The Bertz CT molecular complexity index is 550. The van der Waals surface area contributed by atoms with Crippen LogP contribution in [0.3, 0.4) is 0 Å². The van der Waals surface area contributed by atoms with Gasteiger partial charge in [-0.3, -0.25) is 0 Å². The summed E-state index contributed by atoms with van der Waals surface area (Å²) in [7, 11) is 0. The van der Waals surface area contributed by atoms with E-state index in [1.54, 1.807) is 30.3 Å². The van der Waals surface area contributed by atoms with Crippen LogP contribution in [0.2, 0.25) is 0 Å². The fourth-order valence-electron chi connectivity index (χ4n) is 1.34. The fourth-order valence-corrected chi connectivity index (χ4v) is 1.34. The summed E-state index contributed by atoms with van der Waals surface area (Å²) in [6, 6.07) is 15.4. The van der Waals surface area contributed by atoms with E-state index in [-0.39, 0.29) is 11.3 Å². The summed E-state index contributed by atoms with van der Waals surface area (Å²) in [6.45, 7) is 0. The maximum absolute atomic E-state index is 10.8. The molecule has 2 aromatic rings. The van der Waals surface area contributed by atoms with Crippen molar-refractivity contribution in [2.45, 2.75) is 0 Å². The van der Waals surface area contributed by atoms with Gasteiger partial charge in [0, 0.05) is 0 Å². The SMILES string of the molecule is [O]C(=O)c1ccccc1N=Nc1ccccc1. The Hall–Kier alpha value is -2.49. The molecule has 4 nitrogen and oxygen atoms in total. The molecule has 0 unspecified atom stereocenters. The molecule has 2 aromatic carbocycles. The number of azo groups is 1. The van der Waals surface area contributed by atoms with Crippen LogP contribution in [0.4, 0.5) is 11.4 Å². The Morgan fingerprint density at radius 3 is 2.18 bits per heavy atom. The molecule has 83 valence electrons. The molecular formula is C13H9N2O2. The molecule has 17 heavy (non-hydrogen) atoms. The van der Waals surface area contributed by atoms with Crippen molar-refractivity contribution in [2.24, 2.45) is 10.2 Å². The quantitative estimate of drug-likeness (QED) is 0.735. The standard InChI is InChI=1S/C13H9N2O2/c16-13(17)11-8-4-5-9-12(11)15-14-10-6-2-1-3-7-10/h1-9H. The van der Waals surface area contributed by atoms with Crippen molar-refractivity contribution in [1.82, 2.24) is 0 Å². The molecule has 1 radical (unpaired) electrons. The second-order valence-corrected chi connectivity index (χ2v) is 3.34. The minimum Gasteiger partial charge on any atom is -0.241 e. The van der Waals surface area contributed by atoms with Crippen LogP contribution in [-0.2, 0) is 5.11 Å². The van der Waals surface area contributed by atoms with E-state index in [0.29, 0.717) is 5.69 Å². The monoisotopic (exact) mass is 225 g/mol. The highest BCUT2D eigenvalue weighted by Gasteiger charge is 2.09. The molecule has 0 aliphatic heterocycles. The third kappa shape index (κ3) is 2.75. The van der Waals surface area contributed by atoms with Gasteiger partial charge in [0.2, 0.25) is 0 Å². The van der Waals surface area contributed by atoms with E-state index < -0.39 is 5.97 Å². The van der Waals surface area contributed by atoms with Crippen LogP contribution < -0.4 is 0 Å². The molecule has 0 atom stereocenters. The topological polar surface area (TPSA) is 61.7 Å². The Labute approximate surface area is 98.3 Å². The summed E-state index contributed by atoms with van der Waals surface area (Å²) in [5.41, 5.74) is 0.990. The number of benzene rings is 2. The Morgan fingerprint density at radius 2 is 1.47 bits per heavy atom. The lowest BCUT2D eigenvalue weighted by Gasteiger charge is -1.96. The molecular weight excluding hydrogens is 216 g/mol. The van der Waals surface area contributed by atoms with E-state index in [9.17, 15) is 9.90 Å². The first kappa shape index (κ1) is 11.0. The first-order chi connectivity index (χ1) is 8.27. The van der Waals surface area contributed by atoms with Crippen LogP contribution in [-0.4, -0.2) is 5.97 Å². The normalized spacial score (nSPS) is 10.6. The van der Waals surface area contributed by atoms with Crippen LogP contribution in [0.15, 0.2) is 64.8 Å². The molecule has 0 bridgehead atoms. The highest BCUT2D eigenvalue weighted by molar-refractivity contribution is 5.92. The van der Waals surface area contributed by atoms with Crippen molar-refractivity contribution < 1.29 is 9.90 Å². The predicted octanol–water partition coefficient (Wildman–Crippen LogP) is 3.67. The summed E-state index contributed by atoms with van der Waals surface area (Å²) in [5, 5.41) is 18.7. The second-order valence-electron chi connectivity index (χ2n) is 3.34. The fraction of sp³-hybridized carbons (Fsp3) is 0. The number of rotatable bonds is 3. The second kappa shape index (κ2) is 5.03. The number of hydrogen-bond donors (Lipinski definition) is 0. The molecule has 0 spiro atoms. The minimum absolute atomic E-state index is 0.0344. The molecule has 0 saturated heterocycles. The van der Waals surface area contributed by atoms with Crippen LogP contribution in [0, 0.1) is 0 Å². The lowest BCUT2D eigenvalue weighted by molar-refractivity contribution is 0.0574. The maximum atomic E-state index is 10.8. The van der Waals surface area contributed by atoms with Gasteiger partial charge in [0.1, 0.15) is 5.69 Å². The lowest BCUT2D eigenvalue weighted by Crippen LogP contribution is -1.93. The van der Waals surface area contributed by atoms with Crippen molar-refractivity contribution in [1.29, 1.82) is 0 Å². The molecule has 0 N–H and O–H groups in total. The van der Waals surface area contributed by atoms with Crippen LogP contribution >= 0.6 is 0 Å². The Balaban J connectivity index is 2.30. The third-order valence-corrected chi connectivity index (χ3v) is 2.15. The molecule has 0 aromatic heterocycles. The molecule has 0 amide bonds. The predicted molar refractivity (Wildman–Crippen MR) is 62.1 cm³/mol. The van der Waals surface area contributed by atoms with Crippen LogP contribution in [0.1, 0.15) is 10.4 Å². The van der Waals surface area contributed by atoms with Gasteiger partial charge in [-0.2, -0.15) is 5.11 Å². The zero-order chi connectivity index (χ0) is 12.1. The van der Waals surface area contributed by atoms with Crippen molar-refractivity contribution >= 4 is 17.3 Å². The summed E-state index contributed by atoms with van der Waals surface area (Å²) in [6.07, 6.45) is 0. The smallest absolute Gasteiger partial charge is 0.241 e. The van der Waals surface area contributed by atoms with Gasteiger partial charge in [0.15, 0.2) is 0 Å². The van der Waals surface area contributed by atoms with E-state index >= 15 is 0 Å². The number of carbonyl (C=O) groups excluding carboxylic acids is 1. The van der Waals surface area contributed by atoms with Crippen molar-refractivity contribution in [3.8, 4) is 0 Å². The molecule has 0 heterocycles. The zero-order valence-electron chi connectivity index (χ0n) is 8.91. The first-order valence-corrected chi connectivity index (χ1v) is 5.04. The number of carbonyl (C=O) groups is 1. The highest BCUT2D eigenvalue weighted by Crippen LogP contribution is 2.21. The maximum Gasteiger partial charge on any atom is 0.388 e. The number of hydrogen-bond acceptors (Lipinski definition) is 3. The average molecular weight is 225 g/mol. The van der Waals surface area contributed by atoms with Crippen molar-refractivity contribution in [3.63, 3.8) is 0 Å². The van der Waals surface area contributed by atoms with Crippen LogP contribution in [0.5, 0.6) is 0 Å². The van der Waals surface area contributed by atoms with Crippen molar-refractivity contribution in [3.05, 3.63) is 60.2 Å². The highest BCUT2D eigenvalue weighted by atomic mass is 16.4. The van der Waals surface area contributed by atoms with E-state index in [4.69, 9.17) is 0 Å². The molecule has 0 aliphatic rings. The van der Waals surface area contributed by atoms with Gasteiger partial charge in [-0.15, -0.1) is 5.11 Å². The molecule has 0 fully saturated rings. The van der Waals surface area contributed by atoms with Gasteiger partial charge in [0.05, 0.1) is 11.3 Å². The van der Waals surface area contributed by atoms with E-state index in [1.807, 2.05) is 18.2 Å². The van der Waals surface area contributed by atoms with Gasteiger partial charge < -0.3 is 0 Å². The van der Waals surface area contributed by atoms with Gasteiger partial charge in [-0.05, 0) is 24.3 Å². The molecule has 0 saturated carbocycles. The lowest BCUT2D eigenvalue weighted by atomic mass is 10.2. The Kier molecular flexibility index (Phi) is 3.25. The van der Waals surface area contributed by atoms with Crippen molar-refractivity contribution in [2.75, 3.05) is 0 Å². The largest absolute Gasteiger partial charge is 0.388 e. The molecule has 2 rings (SSSR count). The summed E-state index contributed by atoms with van der Waals surface area (Å²) >= 11 is 0. The van der Waals surface area contributed by atoms with Gasteiger partial charge in [-0.25, -0.2) is 9.90 Å². The summed E-state index contributed by atoms with van der Waals surface area (Å²) < 4.78 is 0. The van der Waals surface area contributed by atoms with Crippen LogP contribution in [0.25, 0.3) is 0 Å². The third-order valence-electron chi connectivity index (χ3n) is 2.15. The first-order valence-electron chi connectivity index (χ1n) is 5.04. The molecule has 0 aliphatic carbocycles. The zero-order valence-corrected chi connectivity index (χ0v) is 8.91. The summed E-state index contributed by atoms with van der Waals surface area (Å²) in [5.74, 6) is -1.26. The van der Waals surface area contributed by atoms with Gasteiger partial charge >= 0.3 is 5.97 Å². The number of nitrogens with zero attached hydrogens (tertiary/aromatic N) is 2. The Morgan fingerprint density at radius 1 is 0.824 bits per heavy atom. The van der Waals surface area contributed by atoms with Gasteiger partial charge in [0.25, 0.3) is 0 Å². The van der Waals surface area contributed by atoms with E-state index in [1.165, 1.54) is 6.07 Å². The summed E-state index contributed by atoms with van der Waals surface area (Å²) in [4.78, 5) is 10.8. The minimum atomic E-state index is -1.26. The molecule has 4 heteroatoms.